The molecular formula is C19H23N3O3S. The van der Waals surface area contributed by atoms with Crippen molar-refractivity contribution >= 4 is 35.0 Å². The van der Waals surface area contributed by atoms with Crippen molar-refractivity contribution in [3.63, 3.8) is 0 Å². The van der Waals surface area contributed by atoms with E-state index in [1.165, 1.54) is 18.9 Å². The molecule has 0 bridgehead atoms. The molecule has 0 unspecified atom stereocenters. The van der Waals surface area contributed by atoms with Gasteiger partial charge in [0.1, 0.15) is 5.75 Å². The summed E-state index contributed by atoms with van der Waals surface area (Å²) in [6.45, 7) is 3.81. The number of carbonyl (C=O) groups excluding carboxylic acids is 2. The molecule has 0 radical (unpaired) electrons. The van der Waals surface area contributed by atoms with Gasteiger partial charge in [-0.1, -0.05) is 12.1 Å². The number of thioether (sulfide) groups is 1. The summed E-state index contributed by atoms with van der Waals surface area (Å²) in [7, 11) is 1.53. The van der Waals surface area contributed by atoms with Crippen LogP contribution >= 0.6 is 11.8 Å². The third-order valence-electron chi connectivity index (χ3n) is 3.43. The topological polar surface area (TPSA) is 93.4 Å². The fourth-order valence-electron chi connectivity index (χ4n) is 2.30. The molecule has 0 aromatic heterocycles. The third-order valence-corrected chi connectivity index (χ3v) is 4.50. The molecule has 0 aliphatic rings. The van der Waals surface area contributed by atoms with Crippen LogP contribution in [0.15, 0.2) is 47.4 Å². The fourth-order valence-corrected chi connectivity index (χ4v) is 3.16. The Labute approximate surface area is 157 Å². The second kappa shape index (κ2) is 9.15. The van der Waals surface area contributed by atoms with Gasteiger partial charge in [-0.05, 0) is 44.2 Å². The van der Waals surface area contributed by atoms with E-state index in [0.717, 1.165) is 4.90 Å². The first-order valence-electron chi connectivity index (χ1n) is 8.16. The number of nitrogens with two attached hydrogens (primary N) is 1. The van der Waals surface area contributed by atoms with Gasteiger partial charge >= 0.3 is 0 Å². The van der Waals surface area contributed by atoms with Gasteiger partial charge in [0.15, 0.2) is 0 Å². The van der Waals surface area contributed by atoms with Crippen molar-refractivity contribution in [3.8, 4) is 5.75 Å². The van der Waals surface area contributed by atoms with Gasteiger partial charge in [0.25, 0.3) is 5.91 Å². The van der Waals surface area contributed by atoms with Crippen LogP contribution in [0.4, 0.5) is 11.4 Å². The number of amides is 2. The molecule has 0 aliphatic carbocycles. The van der Waals surface area contributed by atoms with Crippen LogP contribution in [0.25, 0.3) is 0 Å². The second-order valence-corrected chi connectivity index (χ2v) is 6.94. The Morgan fingerprint density at radius 2 is 1.92 bits per heavy atom. The predicted molar refractivity (Wildman–Crippen MR) is 106 cm³/mol. The third kappa shape index (κ3) is 5.42. The maximum Gasteiger partial charge on any atom is 0.256 e. The number of anilines is 2. The Kier molecular flexibility index (Phi) is 6.91. The Morgan fingerprint density at radius 3 is 2.58 bits per heavy atom. The number of hydrogen-bond donors (Lipinski definition) is 3. The number of carbonyl (C=O) groups is 2. The quantitative estimate of drug-likeness (QED) is 0.512. The van der Waals surface area contributed by atoms with Crippen molar-refractivity contribution < 1.29 is 14.3 Å². The van der Waals surface area contributed by atoms with Crippen LogP contribution in [-0.4, -0.2) is 30.7 Å². The van der Waals surface area contributed by atoms with Crippen molar-refractivity contribution in [2.24, 2.45) is 0 Å². The number of nitrogens with one attached hydrogen (secondary N) is 2. The van der Waals surface area contributed by atoms with Gasteiger partial charge in [0, 0.05) is 16.6 Å². The molecular weight excluding hydrogens is 350 g/mol. The van der Waals surface area contributed by atoms with Crippen LogP contribution in [0, 0.1) is 0 Å². The molecule has 0 saturated heterocycles. The largest absolute Gasteiger partial charge is 0.495 e. The smallest absolute Gasteiger partial charge is 0.256 e. The van der Waals surface area contributed by atoms with Gasteiger partial charge in [-0.25, -0.2) is 0 Å². The lowest BCUT2D eigenvalue weighted by molar-refractivity contribution is -0.119. The summed E-state index contributed by atoms with van der Waals surface area (Å²) in [5.41, 5.74) is 7.39. The van der Waals surface area contributed by atoms with E-state index in [-0.39, 0.29) is 23.6 Å². The molecule has 0 atom stereocenters. The van der Waals surface area contributed by atoms with E-state index in [0.29, 0.717) is 22.7 Å². The van der Waals surface area contributed by atoms with E-state index in [1.807, 2.05) is 26.0 Å². The van der Waals surface area contributed by atoms with Gasteiger partial charge in [-0.3, -0.25) is 9.59 Å². The van der Waals surface area contributed by atoms with Gasteiger partial charge in [-0.15, -0.1) is 11.8 Å². The average Bonchev–Trinajstić information content (AvgIpc) is 2.60. The Hall–Kier alpha value is -2.67. The maximum atomic E-state index is 12.6. The first-order valence-corrected chi connectivity index (χ1v) is 9.15. The van der Waals surface area contributed by atoms with Crippen molar-refractivity contribution in [2.45, 2.75) is 24.8 Å². The summed E-state index contributed by atoms with van der Waals surface area (Å²) in [5, 5.41) is 5.65. The first-order chi connectivity index (χ1) is 12.4. The standard InChI is InChI=1S/C19H23N3O3S/c1-12(2)21-18(23)11-26-17-7-5-4-6-14(17)19(24)22-13-8-9-16(25-3)15(20)10-13/h4-10,12H,11,20H2,1-3H3,(H,21,23)(H,22,24). The molecule has 138 valence electrons. The fraction of sp³-hybridized carbons (Fsp3) is 0.263. The highest BCUT2D eigenvalue weighted by molar-refractivity contribution is 8.00. The van der Waals surface area contributed by atoms with E-state index < -0.39 is 0 Å². The van der Waals surface area contributed by atoms with Gasteiger partial charge in [-0.2, -0.15) is 0 Å². The monoisotopic (exact) mass is 373 g/mol. The van der Waals surface area contributed by atoms with Crippen LogP contribution in [-0.2, 0) is 4.79 Å². The SMILES string of the molecule is COc1ccc(NC(=O)c2ccccc2SCC(=O)NC(C)C)cc1N. The number of nitrogen functional groups attached to an aromatic ring is 1. The Balaban J connectivity index is 2.09. The molecule has 26 heavy (non-hydrogen) atoms. The number of ether oxygens (including phenoxy) is 1. The molecule has 2 aromatic rings. The molecule has 6 nitrogen and oxygen atoms in total. The van der Waals surface area contributed by atoms with E-state index in [9.17, 15) is 9.59 Å². The molecule has 2 aromatic carbocycles. The predicted octanol–water partition coefficient (Wildman–Crippen LogP) is 3.15. The zero-order chi connectivity index (χ0) is 19.1. The van der Waals surface area contributed by atoms with Gasteiger partial charge in [0.05, 0.1) is 24.1 Å². The lowest BCUT2D eigenvalue weighted by Gasteiger charge is -2.12. The van der Waals surface area contributed by atoms with Crippen LogP contribution in [0.3, 0.4) is 0 Å². The van der Waals surface area contributed by atoms with E-state index in [1.54, 1.807) is 30.3 Å². The summed E-state index contributed by atoms with van der Waals surface area (Å²) in [6, 6.07) is 12.3. The minimum Gasteiger partial charge on any atom is -0.495 e. The van der Waals surface area contributed by atoms with Crippen LogP contribution in [0.2, 0.25) is 0 Å². The zero-order valence-corrected chi connectivity index (χ0v) is 15.9. The van der Waals surface area contributed by atoms with Crippen LogP contribution < -0.4 is 21.1 Å². The average molecular weight is 373 g/mol. The molecule has 2 rings (SSSR count). The summed E-state index contributed by atoms with van der Waals surface area (Å²) >= 11 is 1.33. The van der Waals surface area contributed by atoms with E-state index in [2.05, 4.69) is 10.6 Å². The number of methoxy groups -OCH3 is 1. The lowest BCUT2D eigenvalue weighted by atomic mass is 10.2. The highest BCUT2D eigenvalue weighted by atomic mass is 32.2. The second-order valence-electron chi connectivity index (χ2n) is 5.92. The van der Waals surface area contributed by atoms with E-state index >= 15 is 0 Å². The molecule has 0 fully saturated rings. The Morgan fingerprint density at radius 1 is 1.19 bits per heavy atom. The van der Waals surface area contributed by atoms with Crippen LogP contribution in [0.1, 0.15) is 24.2 Å². The van der Waals surface area contributed by atoms with Crippen molar-refractivity contribution in [3.05, 3.63) is 48.0 Å². The molecule has 0 heterocycles. The van der Waals surface area contributed by atoms with Gasteiger partial charge < -0.3 is 21.1 Å². The van der Waals surface area contributed by atoms with Crippen molar-refractivity contribution in [1.29, 1.82) is 0 Å². The summed E-state index contributed by atoms with van der Waals surface area (Å²) in [6.07, 6.45) is 0. The molecule has 0 saturated carbocycles. The van der Waals surface area contributed by atoms with Crippen molar-refractivity contribution in [2.75, 3.05) is 23.9 Å². The van der Waals surface area contributed by atoms with Crippen LogP contribution in [0.5, 0.6) is 5.75 Å². The molecule has 7 heteroatoms. The van der Waals surface area contributed by atoms with Gasteiger partial charge in [0.2, 0.25) is 5.91 Å². The highest BCUT2D eigenvalue weighted by Gasteiger charge is 2.14. The minimum atomic E-state index is -0.262. The minimum absolute atomic E-state index is 0.0665. The number of hydrogen-bond acceptors (Lipinski definition) is 5. The first kappa shape index (κ1) is 19.7. The number of rotatable bonds is 7. The maximum absolute atomic E-state index is 12.6. The summed E-state index contributed by atoms with van der Waals surface area (Å²) < 4.78 is 5.11. The molecule has 4 N–H and O–H groups in total. The summed E-state index contributed by atoms with van der Waals surface area (Å²) in [4.78, 5) is 25.2. The molecule has 0 spiro atoms. The van der Waals surface area contributed by atoms with E-state index in [4.69, 9.17) is 10.5 Å². The number of benzene rings is 2. The molecule has 0 aliphatic heterocycles. The Bertz CT molecular complexity index is 793. The highest BCUT2D eigenvalue weighted by Crippen LogP contribution is 2.27. The zero-order valence-electron chi connectivity index (χ0n) is 15.0. The lowest BCUT2D eigenvalue weighted by Crippen LogP contribution is -2.31. The molecule has 2 amide bonds. The normalized spacial score (nSPS) is 10.5. The van der Waals surface area contributed by atoms with Crippen molar-refractivity contribution in [1.82, 2.24) is 5.32 Å². The summed E-state index contributed by atoms with van der Waals surface area (Å²) in [5.74, 6) is 0.470.